The molecule has 1 aromatic carbocycles. The minimum Gasteiger partial charge on any atom is -0.487 e. The van der Waals surface area contributed by atoms with Crippen LogP contribution in [0.4, 0.5) is 4.39 Å². The molecule has 2 atom stereocenters. The monoisotopic (exact) mass is 371 g/mol. The number of benzene rings is 1. The Kier molecular flexibility index (Phi) is 4.78. The largest absolute Gasteiger partial charge is 0.487 e. The van der Waals surface area contributed by atoms with Crippen LogP contribution in [0.2, 0.25) is 0 Å². The van der Waals surface area contributed by atoms with E-state index in [0.29, 0.717) is 42.3 Å². The molecular formula is C20H22FN3O3. The molecule has 2 aliphatic heterocycles. The van der Waals surface area contributed by atoms with Crippen LogP contribution in [-0.2, 0) is 16.0 Å². The number of nitrogens with one attached hydrogen (secondary N) is 1. The highest BCUT2D eigenvalue weighted by Gasteiger charge is 2.30. The van der Waals surface area contributed by atoms with Crippen LogP contribution in [-0.4, -0.2) is 41.2 Å². The molecule has 0 saturated carbocycles. The number of carbonyl (C=O) groups is 1. The van der Waals surface area contributed by atoms with Crippen molar-refractivity contribution in [3.05, 3.63) is 41.1 Å². The number of hydrogen-bond acceptors (Lipinski definition) is 5. The van der Waals surface area contributed by atoms with E-state index >= 15 is 0 Å². The van der Waals surface area contributed by atoms with Gasteiger partial charge in [-0.05, 0) is 38.8 Å². The first-order valence-electron chi connectivity index (χ1n) is 9.20. The lowest BCUT2D eigenvalue weighted by molar-refractivity contribution is -0.130. The van der Waals surface area contributed by atoms with Crippen molar-refractivity contribution in [1.29, 1.82) is 0 Å². The summed E-state index contributed by atoms with van der Waals surface area (Å²) in [6.07, 6.45) is 3.25. The van der Waals surface area contributed by atoms with Crippen LogP contribution in [0, 0.1) is 19.7 Å². The van der Waals surface area contributed by atoms with Crippen LogP contribution >= 0.6 is 0 Å². The van der Waals surface area contributed by atoms with Crippen molar-refractivity contribution in [1.82, 2.24) is 15.3 Å². The summed E-state index contributed by atoms with van der Waals surface area (Å²) in [5, 5.41) is 2.89. The minimum atomic E-state index is -0.369. The summed E-state index contributed by atoms with van der Waals surface area (Å²) in [7, 11) is 0. The summed E-state index contributed by atoms with van der Waals surface area (Å²) in [5.74, 6) is 0.175. The van der Waals surface area contributed by atoms with Gasteiger partial charge in [0.15, 0.2) is 0 Å². The van der Waals surface area contributed by atoms with E-state index in [1.807, 2.05) is 13.8 Å². The first kappa shape index (κ1) is 17.9. The lowest BCUT2D eigenvalue weighted by Gasteiger charge is -2.15. The van der Waals surface area contributed by atoms with E-state index in [9.17, 15) is 9.18 Å². The summed E-state index contributed by atoms with van der Waals surface area (Å²) in [4.78, 5) is 21.0. The average molecular weight is 371 g/mol. The molecule has 3 heterocycles. The Morgan fingerprint density at radius 1 is 1.37 bits per heavy atom. The van der Waals surface area contributed by atoms with Crippen LogP contribution in [0.5, 0.6) is 5.75 Å². The van der Waals surface area contributed by atoms with E-state index in [-0.39, 0.29) is 23.9 Å². The number of nitrogens with zero attached hydrogens (tertiary/aromatic N) is 2. The van der Waals surface area contributed by atoms with Gasteiger partial charge in [0.2, 0.25) is 5.91 Å². The van der Waals surface area contributed by atoms with Crippen molar-refractivity contribution in [2.45, 2.75) is 45.3 Å². The van der Waals surface area contributed by atoms with E-state index in [0.717, 1.165) is 24.1 Å². The van der Waals surface area contributed by atoms with Gasteiger partial charge in [-0.2, -0.15) is 0 Å². The number of halogens is 1. The molecule has 2 aromatic rings. The Balaban J connectivity index is 1.53. The fourth-order valence-corrected chi connectivity index (χ4v) is 3.59. The quantitative estimate of drug-likeness (QED) is 0.894. The zero-order valence-corrected chi connectivity index (χ0v) is 15.4. The highest BCUT2D eigenvalue weighted by molar-refractivity contribution is 5.81. The molecule has 0 spiro atoms. The number of aromatic nitrogens is 2. The second kappa shape index (κ2) is 7.23. The first-order valence-corrected chi connectivity index (χ1v) is 9.20. The average Bonchev–Trinajstić information content (AvgIpc) is 3.30. The summed E-state index contributed by atoms with van der Waals surface area (Å²) < 4.78 is 25.7. The van der Waals surface area contributed by atoms with Gasteiger partial charge in [0, 0.05) is 30.4 Å². The van der Waals surface area contributed by atoms with Crippen LogP contribution in [0.1, 0.15) is 29.8 Å². The van der Waals surface area contributed by atoms with Crippen molar-refractivity contribution < 1.29 is 18.7 Å². The fraction of sp³-hybridized carbons (Fsp3) is 0.450. The third-order valence-electron chi connectivity index (χ3n) is 4.92. The maximum atomic E-state index is 14.2. The van der Waals surface area contributed by atoms with Gasteiger partial charge in [0.05, 0.1) is 23.6 Å². The van der Waals surface area contributed by atoms with Gasteiger partial charge < -0.3 is 14.8 Å². The Morgan fingerprint density at radius 2 is 2.22 bits per heavy atom. The summed E-state index contributed by atoms with van der Waals surface area (Å²) >= 11 is 0. The Morgan fingerprint density at radius 3 is 3.00 bits per heavy atom. The van der Waals surface area contributed by atoms with Gasteiger partial charge in [0.1, 0.15) is 23.8 Å². The standard InChI is InChI=1S/C20H22FN3O3/c1-11-9-22-12(2)18(24-11)16-8-14(21)6-13-7-15(27-19(13)16)10-23-20(25)17-4-3-5-26-17/h6,8-9,15,17H,3-5,7,10H2,1-2H3,(H,23,25)/t15-,17+/m1/s1. The van der Waals surface area contributed by atoms with E-state index in [2.05, 4.69) is 15.3 Å². The molecule has 0 aliphatic carbocycles. The predicted octanol–water partition coefficient (Wildman–Crippen LogP) is 2.50. The molecule has 1 aromatic heterocycles. The number of rotatable bonds is 4. The first-order chi connectivity index (χ1) is 13.0. The third-order valence-corrected chi connectivity index (χ3v) is 4.92. The van der Waals surface area contributed by atoms with Gasteiger partial charge >= 0.3 is 0 Å². The Labute approximate surface area is 157 Å². The highest BCUT2D eigenvalue weighted by Crippen LogP contribution is 2.39. The summed E-state index contributed by atoms with van der Waals surface area (Å²) in [5.41, 5.74) is 3.48. The van der Waals surface area contributed by atoms with E-state index in [1.54, 1.807) is 6.20 Å². The molecule has 0 radical (unpaired) electrons. The number of ether oxygens (including phenoxy) is 2. The third kappa shape index (κ3) is 3.64. The van der Waals surface area contributed by atoms with Gasteiger partial charge in [-0.15, -0.1) is 0 Å². The highest BCUT2D eigenvalue weighted by atomic mass is 19.1. The number of aryl methyl sites for hydroxylation is 2. The fourth-order valence-electron chi connectivity index (χ4n) is 3.59. The van der Waals surface area contributed by atoms with Crippen molar-refractivity contribution in [2.24, 2.45) is 0 Å². The lowest BCUT2D eigenvalue weighted by atomic mass is 10.0. The molecule has 0 bridgehead atoms. The maximum absolute atomic E-state index is 14.2. The van der Waals surface area contributed by atoms with Crippen molar-refractivity contribution in [2.75, 3.05) is 13.2 Å². The number of fused-ring (bicyclic) bond motifs is 1. The second-order valence-electron chi connectivity index (χ2n) is 7.08. The Bertz CT molecular complexity index is 881. The molecule has 0 unspecified atom stereocenters. The number of hydrogen-bond donors (Lipinski definition) is 1. The number of carbonyl (C=O) groups excluding carboxylic acids is 1. The molecule has 27 heavy (non-hydrogen) atoms. The van der Waals surface area contributed by atoms with Gasteiger partial charge in [-0.3, -0.25) is 9.78 Å². The zero-order valence-electron chi connectivity index (χ0n) is 15.4. The molecule has 142 valence electrons. The second-order valence-corrected chi connectivity index (χ2v) is 7.08. The van der Waals surface area contributed by atoms with E-state index in [1.165, 1.54) is 12.1 Å². The Hall–Kier alpha value is -2.54. The SMILES string of the molecule is Cc1cnc(C)c(-c2cc(F)cc3c2O[C@@H](CNC(=O)[C@@H]2CCCO2)C3)n1. The van der Waals surface area contributed by atoms with Crippen LogP contribution < -0.4 is 10.1 Å². The van der Waals surface area contributed by atoms with Crippen molar-refractivity contribution >= 4 is 5.91 Å². The van der Waals surface area contributed by atoms with E-state index in [4.69, 9.17) is 9.47 Å². The summed E-state index contributed by atoms with van der Waals surface area (Å²) in [6, 6.07) is 2.92. The molecule has 2 aliphatic rings. The molecular weight excluding hydrogens is 349 g/mol. The van der Waals surface area contributed by atoms with Gasteiger partial charge in [0.25, 0.3) is 0 Å². The smallest absolute Gasteiger partial charge is 0.249 e. The van der Waals surface area contributed by atoms with Gasteiger partial charge in [-0.25, -0.2) is 9.37 Å². The van der Waals surface area contributed by atoms with Crippen molar-refractivity contribution in [3.63, 3.8) is 0 Å². The normalized spacial score (nSPS) is 21.0. The maximum Gasteiger partial charge on any atom is 0.249 e. The van der Waals surface area contributed by atoms with Gasteiger partial charge in [-0.1, -0.05) is 0 Å². The predicted molar refractivity (Wildman–Crippen MR) is 97.0 cm³/mol. The molecule has 6 nitrogen and oxygen atoms in total. The molecule has 1 N–H and O–H groups in total. The van der Waals surface area contributed by atoms with E-state index < -0.39 is 0 Å². The van der Waals surface area contributed by atoms with Crippen LogP contribution in [0.25, 0.3) is 11.3 Å². The molecule has 1 amide bonds. The number of amides is 1. The van der Waals surface area contributed by atoms with Crippen LogP contribution in [0.3, 0.4) is 0 Å². The van der Waals surface area contributed by atoms with Crippen LogP contribution in [0.15, 0.2) is 18.3 Å². The minimum absolute atomic E-state index is 0.112. The zero-order chi connectivity index (χ0) is 19.0. The molecule has 7 heteroatoms. The summed E-state index contributed by atoms with van der Waals surface area (Å²) in [6.45, 7) is 4.67. The molecule has 1 saturated heterocycles. The topological polar surface area (TPSA) is 73.3 Å². The molecule has 4 rings (SSSR count). The molecule has 1 fully saturated rings. The van der Waals surface area contributed by atoms with Crippen molar-refractivity contribution in [3.8, 4) is 17.0 Å². The lowest BCUT2D eigenvalue weighted by Crippen LogP contribution is -2.40.